The minimum absolute atomic E-state index is 0.755. The van der Waals surface area contributed by atoms with Gasteiger partial charge in [0.05, 0.1) is 0 Å². The number of nitrogens with zero attached hydrogens (tertiary/aromatic N) is 4. The smallest absolute Gasteiger partial charge is 0.236 e. The molecule has 0 saturated heterocycles. The van der Waals surface area contributed by atoms with Crippen molar-refractivity contribution in [3.63, 3.8) is 0 Å². The predicted molar refractivity (Wildman–Crippen MR) is 170 cm³/mol. The standard InChI is InChI=1S/C35H23BrN4/c1-39-34(29-18-13-23-14-19-30-31(36)20-15-24-12-17-28(29)32(23)33(24)30)37-38-35(39)40(26-9-3-2-4-10-26)27-16-11-22-7-5-6-8-25(22)21-27/h2-21H,1H3. The Morgan fingerprint density at radius 1 is 0.575 bits per heavy atom. The normalized spacial score (nSPS) is 11.8. The van der Waals surface area contributed by atoms with E-state index < -0.39 is 0 Å². The lowest BCUT2D eigenvalue weighted by molar-refractivity contribution is 0.904. The third-order valence-corrected chi connectivity index (χ3v) is 8.60. The Morgan fingerprint density at radius 3 is 2.05 bits per heavy atom. The minimum Gasteiger partial charge on any atom is -0.296 e. The number of para-hydroxylation sites is 1. The van der Waals surface area contributed by atoms with Gasteiger partial charge in [0, 0.05) is 28.5 Å². The molecule has 5 heteroatoms. The van der Waals surface area contributed by atoms with Crippen LogP contribution in [0.25, 0.3) is 54.5 Å². The molecule has 0 aliphatic carbocycles. The number of rotatable bonds is 4. The van der Waals surface area contributed by atoms with E-state index in [0.717, 1.165) is 33.2 Å². The fourth-order valence-electron chi connectivity index (χ4n) is 5.98. The number of halogens is 1. The molecule has 0 aliphatic heterocycles. The Morgan fingerprint density at radius 2 is 1.23 bits per heavy atom. The van der Waals surface area contributed by atoms with Crippen LogP contribution in [0.2, 0.25) is 0 Å². The summed E-state index contributed by atoms with van der Waals surface area (Å²) in [5.74, 6) is 1.58. The lowest BCUT2D eigenvalue weighted by atomic mass is 9.92. The van der Waals surface area contributed by atoms with Crippen LogP contribution in [-0.4, -0.2) is 14.8 Å². The van der Waals surface area contributed by atoms with Gasteiger partial charge in [-0.1, -0.05) is 101 Å². The van der Waals surface area contributed by atoms with E-state index in [0.29, 0.717) is 0 Å². The summed E-state index contributed by atoms with van der Waals surface area (Å²) in [4.78, 5) is 2.18. The highest BCUT2D eigenvalue weighted by Crippen LogP contribution is 2.42. The second-order valence-corrected chi connectivity index (χ2v) is 11.0. The number of fused-ring (bicyclic) bond motifs is 1. The van der Waals surface area contributed by atoms with Crippen LogP contribution in [0.5, 0.6) is 0 Å². The third kappa shape index (κ3) is 3.44. The summed E-state index contributed by atoms with van der Waals surface area (Å²) in [6, 6.07) is 42.8. The minimum atomic E-state index is 0.755. The van der Waals surface area contributed by atoms with Gasteiger partial charge in [-0.05, 0) is 79.5 Å². The molecule has 0 radical (unpaired) electrons. The maximum absolute atomic E-state index is 4.78. The summed E-state index contributed by atoms with van der Waals surface area (Å²) in [6.07, 6.45) is 0. The first-order valence-corrected chi connectivity index (χ1v) is 14.1. The van der Waals surface area contributed by atoms with Gasteiger partial charge in [-0.25, -0.2) is 0 Å². The van der Waals surface area contributed by atoms with Gasteiger partial charge < -0.3 is 0 Å². The maximum Gasteiger partial charge on any atom is 0.236 e. The molecular weight excluding hydrogens is 556 g/mol. The fraction of sp³-hybridized carbons (Fsp3) is 0.0286. The molecule has 0 bridgehead atoms. The van der Waals surface area contributed by atoms with Crippen molar-refractivity contribution in [1.29, 1.82) is 0 Å². The predicted octanol–water partition coefficient (Wildman–Crippen LogP) is 9.76. The van der Waals surface area contributed by atoms with E-state index in [1.54, 1.807) is 0 Å². The van der Waals surface area contributed by atoms with Gasteiger partial charge in [0.2, 0.25) is 5.95 Å². The Hall–Kier alpha value is -4.74. The Bertz CT molecular complexity index is 2200. The quantitative estimate of drug-likeness (QED) is 0.195. The van der Waals surface area contributed by atoms with Gasteiger partial charge >= 0.3 is 0 Å². The average molecular weight is 580 g/mol. The molecule has 0 spiro atoms. The molecule has 4 nitrogen and oxygen atoms in total. The van der Waals surface area contributed by atoms with Crippen molar-refractivity contribution in [3.8, 4) is 11.4 Å². The summed E-state index contributed by atoms with van der Waals surface area (Å²) in [5, 5.41) is 19.3. The molecule has 40 heavy (non-hydrogen) atoms. The summed E-state index contributed by atoms with van der Waals surface area (Å²) in [7, 11) is 2.05. The van der Waals surface area contributed by atoms with Gasteiger partial charge in [-0.2, -0.15) is 0 Å². The molecule has 0 saturated carbocycles. The van der Waals surface area contributed by atoms with Crippen molar-refractivity contribution in [3.05, 3.63) is 126 Å². The molecule has 0 unspecified atom stereocenters. The van der Waals surface area contributed by atoms with Gasteiger partial charge in [0.15, 0.2) is 5.82 Å². The fourth-order valence-corrected chi connectivity index (χ4v) is 6.45. The SMILES string of the molecule is Cn1c(-c2ccc3ccc4c(Br)ccc5ccc2c3c54)nnc1N(c1ccccc1)c1ccc2ccccc2c1. The van der Waals surface area contributed by atoms with Crippen molar-refractivity contribution in [2.24, 2.45) is 7.05 Å². The molecule has 0 N–H and O–H groups in total. The van der Waals surface area contributed by atoms with Crippen LogP contribution >= 0.6 is 15.9 Å². The highest BCUT2D eigenvalue weighted by Gasteiger charge is 2.22. The van der Waals surface area contributed by atoms with Gasteiger partial charge in [-0.3, -0.25) is 9.47 Å². The van der Waals surface area contributed by atoms with E-state index in [2.05, 4.69) is 148 Å². The highest BCUT2D eigenvalue weighted by molar-refractivity contribution is 9.10. The van der Waals surface area contributed by atoms with Crippen molar-refractivity contribution in [1.82, 2.24) is 14.8 Å². The molecule has 190 valence electrons. The Kier molecular flexibility index (Phi) is 5.16. The van der Waals surface area contributed by atoms with Gasteiger partial charge in [0.25, 0.3) is 0 Å². The van der Waals surface area contributed by atoms with E-state index >= 15 is 0 Å². The molecule has 7 aromatic carbocycles. The molecule has 0 aliphatic rings. The van der Waals surface area contributed by atoms with Crippen LogP contribution in [0.3, 0.4) is 0 Å². The lowest BCUT2D eigenvalue weighted by Crippen LogP contribution is -2.14. The largest absolute Gasteiger partial charge is 0.296 e. The zero-order valence-electron chi connectivity index (χ0n) is 21.7. The van der Waals surface area contributed by atoms with Crippen molar-refractivity contribution in [2.45, 2.75) is 0 Å². The van der Waals surface area contributed by atoms with Crippen molar-refractivity contribution in [2.75, 3.05) is 4.90 Å². The summed E-state index contributed by atoms with van der Waals surface area (Å²) >= 11 is 3.76. The second-order valence-electron chi connectivity index (χ2n) is 10.2. The van der Waals surface area contributed by atoms with Gasteiger partial charge in [0.1, 0.15) is 0 Å². The average Bonchev–Trinajstić information content (AvgIpc) is 3.37. The zero-order chi connectivity index (χ0) is 26.8. The maximum atomic E-state index is 4.78. The van der Waals surface area contributed by atoms with E-state index in [1.807, 2.05) is 6.07 Å². The molecule has 0 amide bonds. The Labute approximate surface area is 239 Å². The zero-order valence-corrected chi connectivity index (χ0v) is 23.3. The first-order valence-electron chi connectivity index (χ1n) is 13.3. The molecule has 1 heterocycles. The number of benzene rings is 7. The van der Waals surface area contributed by atoms with E-state index in [4.69, 9.17) is 10.2 Å². The number of anilines is 3. The summed E-state index contributed by atoms with van der Waals surface area (Å²) < 4.78 is 3.21. The van der Waals surface area contributed by atoms with Crippen LogP contribution in [-0.2, 0) is 7.05 Å². The van der Waals surface area contributed by atoms with Crippen LogP contribution in [0.1, 0.15) is 0 Å². The monoisotopic (exact) mass is 578 g/mol. The van der Waals surface area contributed by atoms with Crippen molar-refractivity contribution >= 4 is 76.3 Å². The molecular formula is C35H23BrN4. The Balaban J connectivity index is 1.35. The second kappa shape index (κ2) is 8.90. The number of hydrogen-bond acceptors (Lipinski definition) is 3. The molecule has 0 fully saturated rings. The van der Waals surface area contributed by atoms with Crippen LogP contribution in [0, 0.1) is 0 Å². The lowest BCUT2D eigenvalue weighted by Gasteiger charge is -2.24. The van der Waals surface area contributed by atoms with Crippen LogP contribution < -0.4 is 4.90 Å². The number of hydrogen-bond donors (Lipinski definition) is 0. The van der Waals surface area contributed by atoms with Crippen LogP contribution in [0.4, 0.5) is 17.3 Å². The van der Waals surface area contributed by atoms with Gasteiger partial charge in [-0.15, -0.1) is 10.2 Å². The van der Waals surface area contributed by atoms with E-state index in [1.165, 1.54) is 43.1 Å². The first kappa shape index (κ1) is 23.2. The molecule has 0 atom stereocenters. The summed E-state index contributed by atoms with van der Waals surface area (Å²) in [6.45, 7) is 0. The van der Waals surface area contributed by atoms with Crippen LogP contribution in [0.15, 0.2) is 126 Å². The van der Waals surface area contributed by atoms with E-state index in [9.17, 15) is 0 Å². The molecule has 1 aromatic heterocycles. The molecule has 8 rings (SSSR count). The third-order valence-electron chi connectivity index (χ3n) is 7.91. The topological polar surface area (TPSA) is 34.0 Å². The number of aromatic nitrogens is 3. The highest BCUT2D eigenvalue weighted by atomic mass is 79.9. The summed E-state index contributed by atoms with van der Waals surface area (Å²) in [5.41, 5.74) is 3.13. The van der Waals surface area contributed by atoms with Crippen molar-refractivity contribution < 1.29 is 0 Å². The first-order chi connectivity index (χ1) is 19.7. The van der Waals surface area contributed by atoms with E-state index in [-0.39, 0.29) is 0 Å². The molecule has 8 aromatic rings.